The lowest BCUT2D eigenvalue weighted by Gasteiger charge is -2.24. The van der Waals surface area contributed by atoms with Gasteiger partial charge < -0.3 is 19.2 Å². The van der Waals surface area contributed by atoms with Crippen LogP contribution in [0.25, 0.3) is 5.76 Å². The summed E-state index contributed by atoms with van der Waals surface area (Å²) in [5.41, 5.74) is 1.17. The van der Waals surface area contributed by atoms with Crippen molar-refractivity contribution in [3.63, 3.8) is 0 Å². The number of rotatable bonds is 5. The van der Waals surface area contributed by atoms with Crippen molar-refractivity contribution in [3.05, 3.63) is 93.9 Å². The average molecular weight is 468 g/mol. The molecule has 1 N–H and O–H groups in total. The SMILES string of the molecule is COc1ccc(C2/C(=C(\O)c3ccc(Br)cc3)C(=O)C(=O)N2Cc2ccco2)cc1. The van der Waals surface area contributed by atoms with Crippen molar-refractivity contribution in [1.82, 2.24) is 4.90 Å². The summed E-state index contributed by atoms with van der Waals surface area (Å²) < 4.78 is 11.4. The summed E-state index contributed by atoms with van der Waals surface area (Å²) >= 11 is 3.36. The molecule has 1 aromatic heterocycles. The first-order valence-electron chi connectivity index (χ1n) is 9.20. The first-order chi connectivity index (χ1) is 14.5. The number of aliphatic hydroxyl groups excluding tert-OH is 1. The number of likely N-dealkylation sites (tertiary alicyclic amines) is 1. The van der Waals surface area contributed by atoms with Gasteiger partial charge in [-0.25, -0.2) is 0 Å². The van der Waals surface area contributed by atoms with Gasteiger partial charge in [0, 0.05) is 10.0 Å². The van der Waals surface area contributed by atoms with Gasteiger partial charge in [0.25, 0.3) is 11.7 Å². The van der Waals surface area contributed by atoms with Crippen LogP contribution in [0.2, 0.25) is 0 Å². The number of hydrogen-bond donors (Lipinski definition) is 1. The maximum absolute atomic E-state index is 13.0. The molecule has 0 spiro atoms. The molecule has 2 heterocycles. The molecule has 0 aliphatic carbocycles. The molecular weight excluding hydrogens is 450 g/mol. The Balaban J connectivity index is 1.85. The molecule has 0 bridgehead atoms. The van der Waals surface area contributed by atoms with Crippen LogP contribution in [0.15, 0.2) is 81.4 Å². The van der Waals surface area contributed by atoms with Crippen molar-refractivity contribution in [2.75, 3.05) is 7.11 Å². The predicted molar refractivity (Wildman–Crippen MR) is 114 cm³/mol. The van der Waals surface area contributed by atoms with Gasteiger partial charge >= 0.3 is 0 Å². The standard InChI is InChI=1S/C23H18BrNO5/c1-29-17-10-6-14(7-11-17)20-19(21(26)15-4-8-16(24)9-5-15)22(27)23(28)25(20)13-18-3-2-12-30-18/h2-12,20,26H,13H2,1H3/b21-19+. The number of furan rings is 1. The molecule has 4 rings (SSSR count). The molecule has 152 valence electrons. The number of halogens is 1. The topological polar surface area (TPSA) is 80.0 Å². The molecule has 7 heteroatoms. The van der Waals surface area contributed by atoms with E-state index in [1.165, 1.54) is 11.2 Å². The van der Waals surface area contributed by atoms with Crippen molar-refractivity contribution < 1.29 is 23.8 Å². The molecule has 0 saturated carbocycles. The summed E-state index contributed by atoms with van der Waals surface area (Å²) in [5, 5.41) is 11.0. The van der Waals surface area contributed by atoms with Crippen molar-refractivity contribution >= 4 is 33.4 Å². The maximum atomic E-state index is 13.0. The summed E-state index contributed by atoms with van der Waals surface area (Å²) in [6.07, 6.45) is 1.51. The highest BCUT2D eigenvalue weighted by molar-refractivity contribution is 9.10. The molecule has 1 aliphatic heterocycles. The van der Waals surface area contributed by atoms with Gasteiger partial charge in [-0.2, -0.15) is 0 Å². The number of hydrogen-bond acceptors (Lipinski definition) is 5. The molecule has 2 aromatic carbocycles. The second-order valence-corrected chi connectivity index (χ2v) is 7.70. The Kier molecular flexibility index (Phi) is 5.46. The van der Waals surface area contributed by atoms with Crippen molar-refractivity contribution in [3.8, 4) is 5.75 Å². The number of ketones is 1. The Morgan fingerprint density at radius 3 is 2.40 bits per heavy atom. The maximum Gasteiger partial charge on any atom is 0.296 e. The normalized spacial score (nSPS) is 18.1. The van der Waals surface area contributed by atoms with Gasteiger partial charge in [-0.15, -0.1) is 0 Å². The lowest BCUT2D eigenvalue weighted by atomic mass is 9.95. The number of nitrogens with zero attached hydrogens (tertiary/aromatic N) is 1. The smallest absolute Gasteiger partial charge is 0.296 e. The fourth-order valence-electron chi connectivity index (χ4n) is 3.51. The Bertz CT molecular complexity index is 1100. The molecule has 1 unspecified atom stereocenters. The summed E-state index contributed by atoms with van der Waals surface area (Å²) in [4.78, 5) is 27.3. The van der Waals surface area contributed by atoms with E-state index in [1.807, 2.05) is 0 Å². The van der Waals surface area contributed by atoms with E-state index in [-0.39, 0.29) is 17.9 Å². The molecular formula is C23H18BrNO5. The second-order valence-electron chi connectivity index (χ2n) is 6.79. The van der Waals surface area contributed by atoms with E-state index in [0.29, 0.717) is 22.6 Å². The molecule has 3 aromatic rings. The summed E-state index contributed by atoms with van der Waals surface area (Å²) in [6.45, 7) is 0.103. The average Bonchev–Trinajstić information content (AvgIpc) is 3.36. The number of Topliss-reactive ketones (excluding diaryl/α,β-unsaturated/α-hetero) is 1. The lowest BCUT2D eigenvalue weighted by molar-refractivity contribution is -0.140. The van der Waals surface area contributed by atoms with E-state index in [2.05, 4.69) is 15.9 Å². The minimum absolute atomic E-state index is 0.0408. The van der Waals surface area contributed by atoms with E-state index < -0.39 is 17.7 Å². The fourth-order valence-corrected chi connectivity index (χ4v) is 3.77. The monoisotopic (exact) mass is 467 g/mol. The molecule has 1 aliphatic rings. The molecule has 30 heavy (non-hydrogen) atoms. The van der Waals surface area contributed by atoms with Crippen LogP contribution in [0.3, 0.4) is 0 Å². The van der Waals surface area contributed by atoms with Gasteiger partial charge in [0.2, 0.25) is 0 Å². The Hall–Kier alpha value is -3.32. The zero-order chi connectivity index (χ0) is 21.3. The van der Waals surface area contributed by atoms with Gasteiger partial charge in [-0.1, -0.05) is 40.2 Å². The highest BCUT2D eigenvalue weighted by Gasteiger charge is 2.46. The van der Waals surface area contributed by atoms with Gasteiger partial charge in [-0.3, -0.25) is 9.59 Å². The van der Waals surface area contributed by atoms with Crippen molar-refractivity contribution in [2.45, 2.75) is 12.6 Å². The zero-order valence-electron chi connectivity index (χ0n) is 16.0. The van der Waals surface area contributed by atoms with Crippen LogP contribution >= 0.6 is 15.9 Å². The highest BCUT2D eigenvalue weighted by Crippen LogP contribution is 2.40. The van der Waals surface area contributed by atoms with Gasteiger partial charge in [0.15, 0.2) is 0 Å². The van der Waals surface area contributed by atoms with Gasteiger partial charge in [-0.05, 0) is 42.0 Å². The van der Waals surface area contributed by atoms with E-state index in [4.69, 9.17) is 9.15 Å². The minimum Gasteiger partial charge on any atom is -0.507 e. The third kappa shape index (κ3) is 3.64. The third-order valence-electron chi connectivity index (χ3n) is 5.00. The third-order valence-corrected chi connectivity index (χ3v) is 5.52. The molecule has 1 atom stereocenters. The van der Waals surface area contributed by atoms with Crippen LogP contribution < -0.4 is 4.74 Å². The molecule has 1 amide bonds. The van der Waals surface area contributed by atoms with Crippen LogP contribution in [-0.4, -0.2) is 28.8 Å². The zero-order valence-corrected chi connectivity index (χ0v) is 17.6. The summed E-state index contributed by atoms with van der Waals surface area (Å²) in [7, 11) is 1.56. The number of benzene rings is 2. The predicted octanol–water partition coefficient (Wildman–Crippen LogP) is 4.67. The fraction of sp³-hybridized carbons (Fsp3) is 0.130. The minimum atomic E-state index is -0.760. The van der Waals surface area contributed by atoms with Crippen LogP contribution in [0.4, 0.5) is 0 Å². The van der Waals surface area contributed by atoms with Crippen molar-refractivity contribution in [2.24, 2.45) is 0 Å². The molecule has 1 saturated heterocycles. The highest BCUT2D eigenvalue weighted by atomic mass is 79.9. The van der Waals surface area contributed by atoms with E-state index in [0.717, 1.165) is 4.47 Å². The molecule has 1 fully saturated rings. The molecule has 6 nitrogen and oxygen atoms in total. The first-order valence-corrected chi connectivity index (χ1v) is 9.99. The Morgan fingerprint density at radius 1 is 1.10 bits per heavy atom. The number of aliphatic hydroxyl groups is 1. The number of carbonyl (C=O) groups excluding carboxylic acids is 2. The van der Waals surface area contributed by atoms with E-state index in [1.54, 1.807) is 67.8 Å². The second kappa shape index (κ2) is 8.20. The largest absolute Gasteiger partial charge is 0.507 e. The van der Waals surface area contributed by atoms with Crippen molar-refractivity contribution in [1.29, 1.82) is 0 Å². The number of ether oxygens (including phenoxy) is 1. The number of amides is 1. The quantitative estimate of drug-likeness (QED) is 0.335. The number of methoxy groups -OCH3 is 1. The van der Waals surface area contributed by atoms with Crippen LogP contribution in [0.5, 0.6) is 5.75 Å². The summed E-state index contributed by atoms with van der Waals surface area (Å²) in [6, 6.07) is 16.6. The first kappa shape index (κ1) is 20.0. The van der Waals surface area contributed by atoms with E-state index >= 15 is 0 Å². The lowest BCUT2D eigenvalue weighted by Crippen LogP contribution is -2.29. The van der Waals surface area contributed by atoms with E-state index in [9.17, 15) is 14.7 Å². The van der Waals surface area contributed by atoms with Gasteiger partial charge in [0.05, 0.1) is 31.5 Å². The Labute approximate surface area is 181 Å². The van der Waals surface area contributed by atoms with Crippen LogP contribution in [-0.2, 0) is 16.1 Å². The van der Waals surface area contributed by atoms with Crippen LogP contribution in [0, 0.1) is 0 Å². The Morgan fingerprint density at radius 2 is 1.80 bits per heavy atom. The molecule has 0 radical (unpaired) electrons. The van der Waals surface area contributed by atoms with Crippen LogP contribution in [0.1, 0.15) is 22.9 Å². The summed E-state index contributed by atoms with van der Waals surface area (Å²) in [5.74, 6) is -0.453. The number of carbonyl (C=O) groups is 2. The van der Waals surface area contributed by atoms with Gasteiger partial charge in [0.1, 0.15) is 17.3 Å².